The molecule has 0 radical (unpaired) electrons. The van der Waals surface area contributed by atoms with Gasteiger partial charge in [-0.15, -0.1) is 0 Å². The molecule has 1 aliphatic carbocycles. The Hall–Kier alpha value is -2.16. The van der Waals surface area contributed by atoms with Gasteiger partial charge in [-0.2, -0.15) is 0 Å². The summed E-state index contributed by atoms with van der Waals surface area (Å²) in [4.78, 5) is 11.5. The molecule has 0 N–H and O–H groups in total. The average Bonchev–Trinajstić information content (AvgIpc) is 2.58. The maximum Gasteiger partial charge on any atom is 0.337 e. The molecule has 0 saturated carbocycles. The second-order valence-corrected chi connectivity index (χ2v) is 7.38. The molecule has 3 heteroatoms. The molecule has 0 saturated heterocycles. The summed E-state index contributed by atoms with van der Waals surface area (Å²) >= 11 is 0. The van der Waals surface area contributed by atoms with Crippen molar-refractivity contribution in [2.75, 3.05) is 7.11 Å². The predicted molar refractivity (Wildman–Crippen MR) is 101 cm³/mol. The summed E-state index contributed by atoms with van der Waals surface area (Å²) in [5, 5.41) is 0. The van der Waals surface area contributed by atoms with E-state index in [9.17, 15) is 4.79 Å². The first-order valence-electron chi connectivity index (χ1n) is 8.64. The number of rotatable bonds is 4. The van der Waals surface area contributed by atoms with E-state index >= 15 is 4.39 Å². The molecule has 1 aromatic carbocycles. The lowest BCUT2D eigenvalue weighted by Crippen LogP contribution is -2.22. The van der Waals surface area contributed by atoms with E-state index in [0.29, 0.717) is 16.7 Å². The first-order valence-corrected chi connectivity index (χ1v) is 8.64. The van der Waals surface area contributed by atoms with Crippen molar-refractivity contribution >= 4 is 11.8 Å². The molecule has 0 bridgehead atoms. The molecule has 0 fully saturated rings. The summed E-state index contributed by atoms with van der Waals surface area (Å²) < 4.78 is 19.7. The minimum Gasteiger partial charge on any atom is -0.465 e. The molecule has 25 heavy (non-hydrogen) atoms. The van der Waals surface area contributed by atoms with E-state index in [1.165, 1.54) is 18.3 Å². The van der Waals surface area contributed by atoms with Crippen molar-refractivity contribution in [3.63, 3.8) is 0 Å². The van der Waals surface area contributed by atoms with E-state index < -0.39 is 5.97 Å². The van der Waals surface area contributed by atoms with Crippen LogP contribution in [0.25, 0.3) is 5.83 Å². The van der Waals surface area contributed by atoms with Crippen molar-refractivity contribution in [2.24, 2.45) is 5.41 Å². The van der Waals surface area contributed by atoms with Crippen molar-refractivity contribution in [2.45, 2.75) is 47.0 Å². The number of halogens is 1. The Balaban J connectivity index is 2.38. The third-order valence-electron chi connectivity index (χ3n) is 5.10. The Morgan fingerprint density at radius 2 is 1.76 bits per heavy atom. The third kappa shape index (κ3) is 3.92. The van der Waals surface area contributed by atoms with Crippen molar-refractivity contribution in [1.29, 1.82) is 0 Å². The summed E-state index contributed by atoms with van der Waals surface area (Å²) in [6.45, 7) is 12.5. The van der Waals surface area contributed by atoms with Crippen molar-refractivity contribution < 1.29 is 13.9 Å². The quantitative estimate of drug-likeness (QED) is 0.477. The SMILES string of the molecule is C=C(C(C)=C(F)c1ccc(C(=O)OC)cc1)C1=C(C)CCCC1(C)C. The fourth-order valence-electron chi connectivity index (χ4n) is 3.70. The Labute approximate surface area is 150 Å². The van der Waals surface area contributed by atoms with Crippen LogP contribution in [0.2, 0.25) is 0 Å². The molecule has 0 unspecified atom stereocenters. The zero-order chi connectivity index (χ0) is 18.8. The lowest BCUT2D eigenvalue weighted by atomic mass is 9.69. The van der Waals surface area contributed by atoms with Gasteiger partial charge in [-0.25, -0.2) is 9.18 Å². The number of ether oxygens (including phenoxy) is 1. The van der Waals surface area contributed by atoms with Gasteiger partial charge in [0.25, 0.3) is 0 Å². The van der Waals surface area contributed by atoms with Crippen LogP contribution in [-0.2, 0) is 4.74 Å². The highest BCUT2D eigenvalue weighted by Crippen LogP contribution is 2.45. The number of hydrogen-bond acceptors (Lipinski definition) is 2. The van der Waals surface area contributed by atoms with Crippen LogP contribution in [0.1, 0.15) is 62.9 Å². The summed E-state index contributed by atoms with van der Waals surface area (Å²) in [5.74, 6) is -0.732. The smallest absolute Gasteiger partial charge is 0.337 e. The van der Waals surface area contributed by atoms with Crippen molar-refractivity contribution in [1.82, 2.24) is 0 Å². The van der Waals surface area contributed by atoms with Gasteiger partial charge in [0, 0.05) is 5.56 Å². The number of benzene rings is 1. The van der Waals surface area contributed by atoms with E-state index in [0.717, 1.165) is 24.8 Å². The molecular formula is C22H27FO2. The summed E-state index contributed by atoms with van der Waals surface area (Å²) in [6.07, 6.45) is 3.29. The number of esters is 1. The maximum atomic E-state index is 15.0. The van der Waals surface area contributed by atoms with E-state index in [4.69, 9.17) is 0 Å². The van der Waals surface area contributed by atoms with Crippen LogP contribution < -0.4 is 0 Å². The standard InChI is InChI=1S/C22H27FO2/c1-14-8-7-13-22(4,5)19(14)15(2)16(3)20(23)17-9-11-18(12-10-17)21(24)25-6/h9-12H,2,7-8,13H2,1,3-6H3. The maximum absolute atomic E-state index is 15.0. The Bertz CT molecular complexity index is 749. The zero-order valence-electron chi connectivity index (χ0n) is 15.8. The van der Waals surface area contributed by atoms with Crippen LogP contribution >= 0.6 is 0 Å². The Morgan fingerprint density at radius 3 is 2.28 bits per heavy atom. The molecule has 0 aromatic heterocycles. The van der Waals surface area contributed by atoms with Crippen LogP contribution in [0.5, 0.6) is 0 Å². The minimum absolute atomic E-state index is 0.00962. The van der Waals surface area contributed by atoms with E-state index in [-0.39, 0.29) is 11.2 Å². The molecule has 1 aromatic rings. The van der Waals surface area contributed by atoms with Crippen molar-refractivity contribution in [3.05, 3.63) is 64.3 Å². The molecule has 0 heterocycles. The van der Waals surface area contributed by atoms with Gasteiger partial charge in [0.05, 0.1) is 12.7 Å². The molecule has 2 nitrogen and oxygen atoms in total. The molecule has 0 amide bonds. The first-order chi connectivity index (χ1) is 11.7. The molecule has 134 valence electrons. The van der Waals surface area contributed by atoms with Gasteiger partial charge >= 0.3 is 5.97 Å². The van der Waals surface area contributed by atoms with E-state index in [2.05, 4.69) is 32.1 Å². The lowest BCUT2D eigenvalue weighted by molar-refractivity contribution is 0.0600. The Kier molecular flexibility index (Phi) is 5.66. The molecular weight excluding hydrogens is 315 g/mol. The Morgan fingerprint density at radius 1 is 1.20 bits per heavy atom. The normalized spacial score (nSPS) is 17.8. The fourth-order valence-corrected chi connectivity index (χ4v) is 3.70. The minimum atomic E-state index is -0.429. The van der Waals surface area contributed by atoms with Gasteiger partial charge in [-0.1, -0.05) is 38.1 Å². The van der Waals surface area contributed by atoms with Gasteiger partial charge in [0.2, 0.25) is 0 Å². The third-order valence-corrected chi connectivity index (χ3v) is 5.10. The first kappa shape index (κ1) is 19.2. The van der Waals surface area contributed by atoms with Crippen LogP contribution in [0.4, 0.5) is 4.39 Å². The number of allylic oxidation sites excluding steroid dienone is 4. The van der Waals surface area contributed by atoms with Gasteiger partial charge in [0.15, 0.2) is 0 Å². The van der Waals surface area contributed by atoms with Crippen LogP contribution in [0, 0.1) is 5.41 Å². The second-order valence-electron chi connectivity index (χ2n) is 7.38. The molecule has 0 spiro atoms. The van der Waals surface area contributed by atoms with Crippen LogP contribution in [0.3, 0.4) is 0 Å². The highest BCUT2D eigenvalue weighted by atomic mass is 19.1. The lowest BCUT2D eigenvalue weighted by Gasteiger charge is -2.36. The largest absolute Gasteiger partial charge is 0.465 e. The molecule has 0 atom stereocenters. The summed E-state index contributed by atoms with van der Waals surface area (Å²) in [5.41, 5.74) is 4.66. The van der Waals surface area contributed by atoms with Gasteiger partial charge in [-0.05, 0) is 67.4 Å². The average molecular weight is 342 g/mol. The van der Waals surface area contributed by atoms with Gasteiger partial charge < -0.3 is 4.74 Å². The summed E-state index contributed by atoms with van der Waals surface area (Å²) in [7, 11) is 1.33. The number of hydrogen-bond donors (Lipinski definition) is 0. The highest BCUT2D eigenvalue weighted by Gasteiger charge is 2.31. The molecule has 0 aliphatic heterocycles. The predicted octanol–water partition coefficient (Wildman–Crippen LogP) is 6.26. The van der Waals surface area contributed by atoms with Crippen LogP contribution in [-0.4, -0.2) is 13.1 Å². The zero-order valence-corrected chi connectivity index (χ0v) is 15.8. The van der Waals surface area contributed by atoms with Gasteiger partial charge in [-0.3, -0.25) is 0 Å². The number of methoxy groups -OCH3 is 1. The monoisotopic (exact) mass is 342 g/mol. The van der Waals surface area contributed by atoms with Crippen molar-refractivity contribution in [3.8, 4) is 0 Å². The van der Waals surface area contributed by atoms with Gasteiger partial charge in [0.1, 0.15) is 5.83 Å². The highest BCUT2D eigenvalue weighted by molar-refractivity contribution is 5.89. The van der Waals surface area contributed by atoms with E-state index in [1.807, 2.05) is 0 Å². The molecule has 1 aliphatic rings. The fraction of sp³-hybridized carbons (Fsp3) is 0.409. The topological polar surface area (TPSA) is 26.3 Å². The number of carbonyl (C=O) groups excluding carboxylic acids is 1. The van der Waals surface area contributed by atoms with Crippen LogP contribution in [0.15, 0.2) is 53.1 Å². The second kappa shape index (κ2) is 7.38. The summed E-state index contributed by atoms with van der Waals surface area (Å²) in [6, 6.07) is 6.36. The van der Waals surface area contributed by atoms with E-state index in [1.54, 1.807) is 31.2 Å². The molecule has 2 rings (SSSR count). The number of carbonyl (C=O) groups is 1.